The molecule has 0 bridgehead atoms. The SMILES string of the molecule is CCOc1cc(C(=O)OCc2cc(=O)n3c(C)csc3n2)ccc1OCC(C)C. The molecule has 0 atom stereocenters. The number of hydrogen-bond donors (Lipinski definition) is 0. The van der Waals surface area contributed by atoms with Crippen LogP contribution < -0.4 is 15.0 Å². The molecule has 0 aliphatic heterocycles. The highest BCUT2D eigenvalue weighted by Crippen LogP contribution is 2.29. The number of aromatic nitrogens is 2. The van der Waals surface area contributed by atoms with Gasteiger partial charge in [0.15, 0.2) is 16.5 Å². The van der Waals surface area contributed by atoms with E-state index in [0.29, 0.717) is 46.8 Å². The van der Waals surface area contributed by atoms with Crippen molar-refractivity contribution in [3.8, 4) is 11.5 Å². The number of carbonyl (C=O) groups is 1. The van der Waals surface area contributed by atoms with E-state index in [1.807, 2.05) is 19.2 Å². The summed E-state index contributed by atoms with van der Waals surface area (Å²) in [7, 11) is 0. The van der Waals surface area contributed by atoms with Crippen LogP contribution in [0.1, 0.15) is 42.5 Å². The Bertz CT molecular complexity index is 1070. The molecule has 0 fully saturated rings. The summed E-state index contributed by atoms with van der Waals surface area (Å²) in [4.78, 5) is 29.7. The first kappa shape index (κ1) is 20.9. The third kappa shape index (κ3) is 4.95. The van der Waals surface area contributed by atoms with Gasteiger partial charge in [0.05, 0.1) is 24.5 Å². The normalized spacial score (nSPS) is 11.1. The lowest BCUT2D eigenvalue weighted by molar-refractivity contribution is 0.0467. The fraction of sp³-hybridized carbons (Fsp3) is 0.381. The Morgan fingerprint density at radius 1 is 1.21 bits per heavy atom. The second-order valence-corrected chi connectivity index (χ2v) is 7.79. The maximum atomic E-state index is 12.5. The molecule has 0 saturated heterocycles. The van der Waals surface area contributed by atoms with Gasteiger partial charge in [-0.25, -0.2) is 9.78 Å². The van der Waals surface area contributed by atoms with Crippen molar-refractivity contribution >= 4 is 22.3 Å². The molecule has 7 nitrogen and oxygen atoms in total. The molecule has 2 aromatic heterocycles. The summed E-state index contributed by atoms with van der Waals surface area (Å²) in [5.41, 5.74) is 1.39. The van der Waals surface area contributed by atoms with Gasteiger partial charge in [0.25, 0.3) is 5.56 Å². The van der Waals surface area contributed by atoms with E-state index < -0.39 is 5.97 Å². The molecular weight excluding hydrogens is 392 g/mol. The second-order valence-electron chi connectivity index (χ2n) is 6.96. The van der Waals surface area contributed by atoms with E-state index in [-0.39, 0.29) is 12.2 Å². The van der Waals surface area contributed by atoms with Gasteiger partial charge in [-0.1, -0.05) is 13.8 Å². The predicted octanol–water partition coefficient (Wildman–Crippen LogP) is 3.85. The molecule has 3 rings (SSSR count). The van der Waals surface area contributed by atoms with Gasteiger partial charge in [0, 0.05) is 17.1 Å². The van der Waals surface area contributed by atoms with E-state index in [1.165, 1.54) is 21.8 Å². The molecule has 3 aromatic rings. The van der Waals surface area contributed by atoms with Gasteiger partial charge < -0.3 is 14.2 Å². The number of carbonyl (C=O) groups excluding carboxylic acids is 1. The monoisotopic (exact) mass is 416 g/mol. The lowest BCUT2D eigenvalue weighted by Gasteiger charge is -2.14. The first-order valence-electron chi connectivity index (χ1n) is 9.42. The van der Waals surface area contributed by atoms with E-state index in [4.69, 9.17) is 14.2 Å². The van der Waals surface area contributed by atoms with E-state index in [1.54, 1.807) is 18.2 Å². The smallest absolute Gasteiger partial charge is 0.338 e. The fourth-order valence-electron chi connectivity index (χ4n) is 2.68. The van der Waals surface area contributed by atoms with Crippen molar-refractivity contribution in [2.24, 2.45) is 5.92 Å². The van der Waals surface area contributed by atoms with Crippen LogP contribution in [0.2, 0.25) is 0 Å². The minimum atomic E-state index is -0.522. The molecule has 0 radical (unpaired) electrons. The van der Waals surface area contributed by atoms with Crippen LogP contribution in [-0.4, -0.2) is 28.6 Å². The van der Waals surface area contributed by atoms with E-state index in [9.17, 15) is 9.59 Å². The van der Waals surface area contributed by atoms with Crippen molar-refractivity contribution in [2.45, 2.75) is 34.3 Å². The number of hydrogen-bond acceptors (Lipinski definition) is 7. The number of thiazole rings is 1. The summed E-state index contributed by atoms with van der Waals surface area (Å²) in [6.07, 6.45) is 0. The maximum Gasteiger partial charge on any atom is 0.338 e. The van der Waals surface area contributed by atoms with Gasteiger partial charge in [0.2, 0.25) is 0 Å². The molecule has 154 valence electrons. The third-order valence-corrected chi connectivity index (χ3v) is 4.97. The van der Waals surface area contributed by atoms with Crippen molar-refractivity contribution in [1.29, 1.82) is 0 Å². The quantitative estimate of drug-likeness (QED) is 0.519. The number of rotatable bonds is 8. The standard InChI is InChI=1S/C21H24N2O5S/c1-5-26-18-8-15(6-7-17(18)27-10-13(2)3)20(25)28-11-16-9-19(24)23-14(4)12-29-21(23)22-16/h6-9,12-13H,5,10-11H2,1-4H3. The number of nitrogens with zero attached hydrogens (tertiary/aromatic N) is 2. The number of aryl methyl sites for hydroxylation is 1. The molecule has 2 heterocycles. The van der Waals surface area contributed by atoms with Crippen molar-refractivity contribution in [3.05, 3.63) is 57.0 Å². The predicted molar refractivity (Wildman–Crippen MR) is 111 cm³/mol. The Hall–Kier alpha value is -2.87. The highest BCUT2D eigenvalue weighted by molar-refractivity contribution is 7.15. The first-order chi connectivity index (χ1) is 13.9. The lowest BCUT2D eigenvalue weighted by Crippen LogP contribution is -2.16. The number of fused-ring (bicyclic) bond motifs is 1. The minimum absolute atomic E-state index is 0.0862. The van der Waals surface area contributed by atoms with Gasteiger partial charge in [0.1, 0.15) is 6.61 Å². The highest BCUT2D eigenvalue weighted by Gasteiger charge is 2.15. The Morgan fingerprint density at radius 3 is 2.72 bits per heavy atom. The summed E-state index contributed by atoms with van der Waals surface area (Å²) in [6, 6.07) is 6.33. The average molecular weight is 416 g/mol. The Balaban J connectivity index is 1.73. The van der Waals surface area contributed by atoms with Crippen LogP contribution in [0.4, 0.5) is 0 Å². The second kappa shape index (κ2) is 9.09. The van der Waals surface area contributed by atoms with Crippen LogP contribution in [0, 0.1) is 12.8 Å². The average Bonchev–Trinajstić information content (AvgIpc) is 3.06. The van der Waals surface area contributed by atoms with Crippen LogP contribution >= 0.6 is 11.3 Å². The molecule has 0 N–H and O–H groups in total. The van der Waals surface area contributed by atoms with Crippen LogP contribution in [-0.2, 0) is 11.3 Å². The Labute approximate surface area is 172 Å². The van der Waals surface area contributed by atoms with Crippen LogP contribution in [0.3, 0.4) is 0 Å². The molecule has 0 aliphatic rings. The molecular formula is C21H24N2O5S. The molecule has 0 unspecified atom stereocenters. The zero-order valence-corrected chi connectivity index (χ0v) is 17.7. The summed E-state index contributed by atoms with van der Waals surface area (Å²) < 4.78 is 18.2. The van der Waals surface area contributed by atoms with Crippen LogP contribution in [0.25, 0.3) is 4.96 Å². The van der Waals surface area contributed by atoms with E-state index in [2.05, 4.69) is 18.8 Å². The summed E-state index contributed by atoms with van der Waals surface area (Å²) in [5.74, 6) is 0.931. The van der Waals surface area contributed by atoms with Crippen LogP contribution in [0.5, 0.6) is 11.5 Å². The zero-order valence-electron chi connectivity index (χ0n) is 16.9. The molecule has 1 aromatic carbocycles. The summed E-state index contributed by atoms with van der Waals surface area (Å²) in [5, 5.41) is 1.86. The Morgan fingerprint density at radius 2 is 2.00 bits per heavy atom. The Kier molecular flexibility index (Phi) is 6.53. The number of ether oxygens (including phenoxy) is 3. The molecule has 8 heteroatoms. The van der Waals surface area contributed by atoms with E-state index in [0.717, 1.165) is 5.69 Å². The van der Waals surface area contributed by atoms with Gasteiger partial charge in [-0.2, -0.15) is 0 Å². The first-order valence-corrected chi connectivity index (χ1v) is 10.3. The summed E-state index contributed by atoms with van der Waals surface area (Å²) >= 11 is 1.37. The molecule has 0 spiro atoms. The minimum Gasteiger partial charge on any atom is -0.490 e. The molecule has 0 aliphatic carbocycles. The highest BCUT2D eigenvalue weighted by atomic mass is 32.1. The van der Waals surface area contributed by atoms with Gasteiger partial charge in [-0.3, -0.25) is 9.20 Å². The summed E-state index contributed by atoms with van der Waals surface area (Å²) in [6.45, 7) is 8.74. The number of benzene rings is 1. The topological polar surface area (TPSA) is 79.1 Å². The molecule has 29 heavy (non-hydrogen) atoms. The van der Waals surface area contributed by atoms with Crippen molar-refractivity contribution in [1.82, 2.24) is 9.38 Å². The van der Waals surface area contributed by atoms with Crippen molar-refractivity contribution in [3.63, 3.8) is 0 Å². The maximum absolute atomic E-state index is 12.5. The lowest BCUT2D eigenvalue weighted by atomic mass is 10.2. The molecule has 0 amide bonds. The van der Waals surface area contributed by atoms with Gasteiger partial charge in [-0.15, -0.1) is 11.3 Å². The third-order valence-electron chi connectivity index (χ3n) is 4.03. The zero-order chi connectivity index (χ0) is 21.0. The largest absolute Gasteiger partial charge is 0.490 e. The van der Waals surface area contributed by atoms with E-state index >= 15 is 0 Å². The van der Waals surface area contributed by atoms with Gasteiger partial charge in [-0.05, 0) is 38.0 Å². The van der Waals surface area contributed by atoms with Crippen molar-refractivity contribution < 1.29 is 19.0 Å². The number of esters is 1. The van der Waals surface area contributed by atoms with Crippen LogP contribution in [0.15, 0.2) is 34.4 Å². The molecule has 0 saturated carbocycles. The fourth-order valence-corrected chi connectivity index (χ4v) is 3.57. The van der Waals surface area contributed by atoms with Crippen molar-refractivity contribution in [2.75, 3.05) is 13.2 Å². The van der Waals surface area contributed by atoms with Gasteiger partial charge >= 0.3 is 5.97 Å².